The Bertz CT molecular complexity index is 428. The average molecular weight is 304 g/mol. The Morgan fingerprint density at radius 3 is 2.31 bits per heavy atom. The van der Waals surface area contributed by atoms with Gasteiger partial charge < -0.3 is 4.42 Å². The maximum Gasteiger partial charge on any atom is 0.247 e. The number of rotatable bonds is 2. The van der Waals surface area contributed by atoms with E-state index in [0.717, 1.165) is 10.0 Å². The third kappa shape index (κ3) is 3.32. The quantitative estimate of drug-likeness (QED) is 0.778. The van der Waals surface area contributed by atoms with Crippen LogP contribution in [0.15, 0.2) is 33.2 Å². The number of nitrogens with zero attached hydrogens (tertiary/aromatic N) is 2. The van der Waals surface area contributed by atoms with Gasteiger partial charge in [-0.05, 0) is 24.3 Å². The van der Waals surface area contributed by atoms with Crippen molar-refractivity contribution in [3.05, 3.63) is 34.6 Å². The van der Waals surface area contributed by atoms with Crippen LogP contribution in [0.4, 0.5) is 0 Å². The first-order chi connectivity index (χ1) is 7.79. The molecule has 1 aromatic carbocycles. The Labute approximate surface area is 108 Å². The van der Waals surface area contributed by atoms with Crippen LogP contribution in [0, 0.1) is 0 Å². The van der Waals surface area contributed by atoms with Crippen molar-refractivity contribution in [2.75, 3.05) is 0 Å². The number of benzene rings is 1. The van der Waals surface area contributed by atoms with Crippen molar-refractivity contribution in [2.24, 2.45) is 0 Å². The average Bonchev–Trinajstić information content (AvgIpc) is 2.81. The van der Waals surface area contributed by atoms with Crippen LogP contribution >= 0.6 is 27.5 Å². The highest BCUT2D eigenvalue weighted by Crippen LogP contribution is 2.20. The Morgan fingerprint density at radius 1 is 1.19 bits per heavy atom. The third-order valence-corrected chi connectivity index (χ3v) is 2.43. The van der Waals surface area contributed by atoms with Crippen LogP contribution in [0.25, 0.3) is 11.5 Å². The number of hydrogen-bond acceptors (Lipinski definition) is 3. The molecule has 2 rings (SSSR count). The Balaban J connectivity index is 0.000000606. The van der Waals surface area contributed by atoms with Gasteiger partial charge in [0.25, 0.3) is 0 Å². The maximum atomic E-state index is 5.55. The lowest BCUT2D eigenvalue weighted by atomic mass is 10.2. The van der Waals surface area contributed by atoms with Gasteiger partial charge in [0.15, 0.2) is 0 Å². The van der Waals surface area contributed by atoms with Gasteiger partial charge in [0, 0.05) is 10.0 Å². The first-order valence-corrected chi connectivity index (χ1v) is 6.26. The van der Waals surface area contributed by atoms with Crippen LogP contribution < -0.4 is 0 Å². The molecule has 5 heteroatoms. The smallest absolute Gasteiger partial charge is 0.247 e. The molecule has 0 aliphatic carbocycles. The van der Waals surface area contributed by atoms with Crippen molar-refractivity contribution in [2.45, 2.75) is 19.7 Å². The molecule has 0 aliphatic rings. The minimum atomic E-state index is 0.240. The summed E-state index contributed by atoms with van der Waals surface area (Å²) < 4.78 is 6.30. The van der Waals surface area contributed by atoms with Crippen molar-refractivity contribution in [3.8, 4) is 11.5 Å². The van der Waals surface area contributed by atoms with E-state index in [2.05, 4.69) is 26.1 Å². The monoisotopic (exact) mass is 302 g/mol. The van der Waals surface area contributed by atoms with E-state index in [1.165, 1.54) is 0 Å². The highest BCUT2D eigenvalue weighted by atomic mass is 79.9. The summed E-state index contributed by atoms with van der Waals surface area (Å²) in [6.45, 7) is 4.00. The molecule has 0 saturated carbocycles. The lowest BCUT2D eigenvalue weighted by molar-refractivity contribution is 0.527. The van der Waals surface area contributed by atoms with Crippen molar-refractivity contribution in [3.63, 3.8) is 0 Å². The molecular weight excluding hydrogens is 291 g/mol. The van der Waals surface area contributed by atoms with Crippen LogP contribution in [0.2, 0.25) is 0 Å². The molecule has 1 heterocycles. The molecule has 0 spiro atoms. The molecule has 16 heavy (non-hydrogen) atoms. The van der Waals surface area contributed by atoms with Gasteiger partial charge in [-0.25, -0.2) is 0 Å². The van der Waals surface area contributed by atoms with E-state index in [4.69, 9.17) is 16.0 Å². The summed E-state index contributed by atoms with van der Waals surface area (Å²) in [6.07, 6.45) is 0. The van der Waals surface area contributed by atoms with Crippen molar-refractivity contribution < 1.29 is 4.42 Å². The molecule has 0 fully saturated rings. The second kappa shape index (κ2) is 6.66. The van der Waals surface area contributed by atoms with Crippen molar-refractivity contribution in [1.82, 2.24) is 10.2 Å². The summed E-state index contributed by atoms with van der Waals surface area (Å²) in [4.78, 5) is 0. The minimum absolute atomic E-state index is 0.240. The largest absolute Gasteiger partial charge is 0.419 e. The van der Waals surface area contributed by atoms with Crippen LogP contribution in [0.5, 0.6) is 0 Å². The molecule has 86 valence electrons. The molecule has 0 amide bonds. The molecule has 0 bridgehead atoms. The first-order valence-electron chi connectivity index (χ1n) is 4.94. The zero-order valence-electron chi connectivity index (χ0n) is 9.08. The van der Waals surface area contributed by atoms with Gasteiger partial charge in [0.05, 0.1) is 0 Å². The highest BCUT2D eigenvalue weighted by Gasteiger charge is 2.06. The predicted octanol–water partition coefficient (Wildman–Crippen LogP) is 4.26. The highest BCUT2D eigenvalue weighted by molar-refractivity contribution is 9.10. The summed E-state index contributed by atoms with van der Waals surface area (Å²) in [7, 11) is 0. The Kier molecular flexibility index (Phi) is 5.49. The lowest BCUT2D eigenvalue weighted by Gasteiger charge is -1.93. The molecule has 0 saturated heterocycles. The van der Waals surface area contributed by atoms with E-state index in [1.807, 2.05) is 38.1 Å². The fourth-order valence-electron chi connectivity index (χ4n) is 1.02. The number of halogens is 2. The Hall–Kier alpha value is -0.870. The first kappa shape index (κ1) is 13.2. The minimum Gasteiger partial charge on any atom is -0.419 e. The van der Waals surface area contributed by atoms with E-state index >= 15 is 0 Å². The molecule has 0 N–H and O–H groups in total. The van der Waals surface area contributed by atoms with Gasteiger partial charge >= 0.3 is 0 Å². The fraction of sp³-hybridized carbons (Fsp3) is 0.273. The Morgan fingerprint density at radius 2 is 1.81 bits per heavy atom. The summed E-state index contributed by atoms with van der Waals surface area (Å²) in [5.74, 6) is 1.17. The zero-order valence-corrected chi connectivity index (χ0v) is 11.4. The lowest BCUT2D eigenvalue weighted by Crippen LogP contribution is -1.76. The third-order valence-electron chi connectivity index (χ3n) is 1.67. The summed E-state index contributed by atoms with van der Waals surface area (Å²) in [5.41, 5.74) is 0.886. The molecule has 0 atom stereocenters. The molecule has 0 aliphatic heterocycles. The number of aromatic nitrogens is 2. The van der Waals surface area contributed by atoms with Gasteiger partial charge in [-0.15, -0.1) is 21.8 Å². The van der Waals surface area contributed by atoms with Crippen LogP contribution in [0.3, 0.4) is 0 Å². The fourth-order valence-corrected chi connectivity index (χ4v) is 1.39. The van der Waals surface area contributed by atoms with E-state index < -0.39 is 0 Å². The zero-order chi connectivity index (χ0) is 12.0. The van der Waals surface area contributed by atoms with Crippen molar-refractivity contribution >= 4 is 27.5 Å². The summed E-state index contributed by atoms with van der Waals surface area (Å²) in [6, 6.07) is 7.63. The summed E-state index contributed by atoms with van der Waals surface area (Å²) >= 11 is 8.90. The second-order valence-corrected chi connectivity index (χ2v) is 3.82. The predicted molar refractivity (Wildman–Crippen MR) is 68.3 cm³/mol. The van der Waals surface area contributed by atoms with Crippen LogP contribution in [-0.4, -0.2) is 10.2 Å². The standard InChI is InChI=1S/C9H6BrClN2O.C2H6/c10-7-3-1-6(2-4-7)9-13-12-8(5-11)14-9;1-2/h1-4H,5H2;1-2H3. The van der Waals surface area contributed by atoms with Gasteiger partial charge in [0.2, 0.25) is 11.8 Å². The number of alkyl halides is 1. The second-order valence-electron chi connectivity index (χ2n) is 2.64. The van der Waals surface area contributed by atoms with Gasteiger partial charge in [0.1, 0.15) is 5.88 Å². The van der Waals surface area contributed by atoms with Gasteiger partial charge in [-0.1, -0.05) is 29.8 Å². The maximum absolute atomic E-state index is 5.55. The van der Waals surface area contributed by atoms with Crippen LogP contribution in [0.1, 0.15) is 19.7 Å². The van der Waals surface area contributed by atoms with E-state index in [0.29, 0.717) is 11.8 Å². The summed E-state index contributed by atoms with van der Waals surface area (Å²) in [5, 5.41) is 7.64. The molecule has 3 nitrogen and oxygen atoms in total. The molecule has 1 aromatic heterocycles. The molecule has 2 aromatic rings. The molecular formula is C11H12BrClN2O. The molecule has 0 unspecified atom stereocenters. The van der Waals surface area contributed by atoms with E-state index in [-0.39, 0.29) is 5.88 Å². The van der Waals surface area contributed by atoms with E-state index in [9.17, 15) is 0 Å². The number of hydrogen-bond donors (Lipinski definition) is 0. The normalized spacial score (nSPS) is 9.50. The topological polar surface area (TPSA) is 38.9 Å². The van der Waals surface area contributed by atoms with E-state index in [1.54, 1.807) is 0 Å². The van der Waals surface area contributed by atoms with Crippen molar-refractivity contribution in [1.29, 1.82) is 0 Å². The van der Waals surface area contributed by atoms with Crippen LogP contribution in [-0.2, 0) is 5.88 Å². The van der Waals surface area contributed by atoms with Gasteiger partial charge in [-0.2, -0.15) is 0 Å². The molecule has 0 radical (unpaired) electrons. The SMILES string of the molecule is CC.ClCc1nnc(-c2ccc(Br)cc2)o1. The van der Waals surface area contributed by atoms with Gasteiger partial charge in [-0.3, -0.25) is 0 Å².